The van der Waals surface area contributed by atoms with Crippen molar-refractivity contribution in [2.75, 3.05) is 0 Å². The van der Waals surface area contributed by atoms with E-state index in [4.69, 9.17) is 10.4 Å². The zero-order chi connectivity index (χ0) is 14.0. The summed E-state index contributed by atoms with van der Waals surface area (Å²) in [6.07, 6.45) is 1.12. The van der Waals surface area contributed by atoms with Gasteiger partial charge in [0.05, 0.1) is 16.8 Å². The number of carboxylic acids is 1. The van der Waals surface area contributed by atoms with Crippen molar-refractivity contribution in [2.45, 2.75) is 0 Å². The van der Waals surface area contributed by atoms with E-state index in [1.807, 2.05) is 0 Å². The molecule has 19 heavy (non-hydrogen) atoms. The molecule has 0 amide bonds. The minimum atomic E-state index is -1.18. The summed E-state index contributed by atoms with van der Waals surface area (Å²) in [5.41, 5.74) is -0.542. The lowest BCUT2D eigenvalue weighted by Crippen LogP contribution is -2.18. The van der Waals surface area contributed by atoms with E-state index < -0.39 is 17.3 Å². The van der Waals surface area contributed by atoms with Crippen LogP contribution in [0.2, 0.25) is 0 Å². The number of carbonyl (C=O) groups is 1. The van der Waals surface area contributed by atoms with Crippen LogP contribution in [0.5, 0.6) is 0 Å². The van der Waals surface area contributed by atoms with E-state index in [-0.39, 0.29) is 16.8 Å². The second-order valence-electron chi connectivity index (χ2n) is 3.71. The van der Waals surface area contributed by atoms with Crippen molar-refractivity contribution in [3.05, 3.63) is 63.8 Å². The van der Waals surface area contributed by atoms with Gasteiger partial charge in [0.1, 0.15) is 11.9 Å². The molecule has 0 bridgehead atoms. The number of aromatic nitrogens is 1. The molecule has 2 aromatic rings. The van der Waals surface area contributed by atoms with E-state index >= 15 is 0 Å². The summed E-state index contributed by atoms with van der Waals surface area (Å²) in [6, 6.07) is 7.46. The number of nitrogens with zero attached hydrogens (tertiary/aromatic N) is 2. The quantitative estimate of drug-likeness (QED) is 0.885. The van der Waals surface area contributed by atoms with E-state index in [1.165, 1.54) is 18.2 Å². The lowest BCUT2D eigenvalue weighted by Gasteiger charge is -2.07. The summed E-state index contributed by atoms with van der Waals surface area (Å²) < 4.78 is 14.2. The van der Waals surface area contributed by atoms with Gasteiger partial charge in [0.15, 0.2) is 0 Å². The Bertz CT molecular complexity index is 759. The lowest BCUT2D eigenvalue weighted by atomic mass is 10.2. The average molecular weight is 258 g/mol. The largest absolute Gasteiger partial charge is 0.478 e. The molecular weight excluding hydrogens is 251 g/mol. The second kappa shape index (κ2) is 4.74. The van der Waals surface area contributed by atoms with E-state index in [1.54, 1.807) is 6.07 Å². The summed E-state index contributed by atoms with van der Waals surface area (Å²) in [7, 11) is 0. The van der Waals surface area contributed by atoms with Crippen molar-refractivity contribution in [3.63, 3.8) is 0 Å². The molecule has 0 radical (unpaired) electrons. The summed E-state index contributed by atoms with van der Waals surface area (Å²) >= 11 is 0. The molecule has 0 unspecified atom stereocenters. The number of benzene rings is 1. The Morgan fingerprint density at radius 1 is 1.32 bits per heavy atom. The van der Waals surface area contributed by atoms with Gasteiger partial charge in [-0.25, -0.2) is 9.18 Å². The Morgan fingerprint density at radius 3 is 2.68 bits per heavy atom. The van der Waals surface area contributed by atoms with Gasteiger partial charge in [-0.1, -0.05) is 0 Å². The number of hydrogen-bond acceptors (Lipinski definition) is 3. The molecule has 0 aliphatic carbocycles. The normalized spacial score (nSPS) is 9.89. The molecule has 0 saturated heterocycles. The molecule has 0 fully saturated rings. The Labute approximate surface area is 106 Å². The van der Waals surface area contributed by atoms with Crippen LogP contribution in [-0.4, -0.2) is 15.6 Å². The molecular formula is C13H7FN2O3. The molecule has 0 aliphatic rings. The van der Waals surface area contributed by atoms with Gasteiger partial charge in [-0.2, -0.15) is 5.26 Å². The van der Waals surface area contributed by atoms with Gasteiger partial charge in [-0.3, -0.25) is 9.36 Å². The van der Waals surface area contributed by atoms with Gasteiger partial charge in [0.2, 0.25) is 0 Å². The SMILES string of the molecule is N#Cc1cc(-n2cc(C(=O)O)ccc2=O)ccc1F. The van der Waals surface area contributed by atoms with Crippen molar-refractivity contribution < 1.29 is 14.3 Å². The molecule has 0 spiro atoms. The fourth-order valence-corrected chi connectivity index (χ4v) is 1.56. The molecule has 1 heterocycles. The molecule has 0 aliphatic heterocycles. The van der Waals surface area contributed by atoms with Gasteiger partial charge in [0.25, 0.3) is 5.56 Å². The van der Waals surface area contributed by atoms with Crippen LogP contribution in [-0.2, 0) is 0 Å². The predicted molar refractivity (Wildman–Crippen MR) is 63.7 cm³/mol. The molecule has 5 nitrogen and oxygen atoms in total. The third kappa shape index (κ3) is 2.35. The molecule has 2 rings (SSSR count). The first-order chi connectivity index (χ1) is 9.02. The van der Waals surface area contributed by atoms with E-state index in [2.05, 4.69) is 0 Å². The van der Waals surface area contributed by atoms with Crippen molar-refractivity contribution in [3.8, 4) is 11.8 Å². The Morgan fingerprint density at radius 2 is 2.05 bits per heavy atom. The number of halogens is 1. The highest BCUT2D eigenvalue weighted by Gasteiger charge is 2.09. The average Bonchev–Trinajstić information content (AvgIpc) is 2.40. The minimum absolute atomic E-state index is 0.0811. The smallest absolute Gasteiger partial charge is 0.337 e. The first kappa shape index (κ1) is 12.5. The van der Waals surface area contributed by atoms with Crippen LogP contribution in [0.25, 0.3) is 5.69 Å². The van der Waals surface area contributed by atoms with E-state index in [9.17, 15) is 14.0 Å². The topological polar surface area (TPSA) is 83.1 Å². The van der Waals surface area contributed by atoms with Crippen LogP contribution in [0.4, 0.5) is 4.39 Å². The van der Waals surface area contributed by atoms with Crippen molar-refractivity contribution in [1.82, 2.24) is 4.57 Å². The summed E-state index contributed by atoms with van der Waals surface area (Å²) in [4.78, 5) is 22.5. The maximum atomic E-state index is 13.2. The summed E-state index contributed by atoms with van der Waals surface area (Å²) in [5, 5.41) is 17.6. The van der Waals surface area contributed by atoms with Gasteiger partial charge in [-0.15, -0.1) is 0 Å². The second-order valence-corrected chi connectivity index (χ2v) is 3.71. The first-order valence-corrected chi connectivity index (χ1v) is 5.19. The Kier molecular flexibility index (Phi) is 3.12. The van der Waals surface area contributed by atoms with Crippen LogP contribution >= 0.6 is 0 Å². The van der Waals surface area contributed by atoms with Crippen LogP contribution in [0.1, 0.15) is 15.9 Å². The van der Waals surface area contributed by atoms with Crippen LogP contribution in [0.15, 0.2) is 41.3 Å². The van der Waals surface area contributed by atoms with Gasteiger partial charge >= 0.3 is 5.97 Å². The molecule has 1 aromatic carbocycles. The van der Waals surface area contributed by atoms with E-state index in [0.717, 1.165) is 22.9 Å². The summed E-state index contributed by atoms with van der Waals surface area (Å²) in [5.74, 6) is -1.88. The number of carboxylic acid groups (broad SMARTS) is 1. The van der Waals surface area contributed by atoms with Gasteiger partial charge in [0, 0.05) is 12.3 Å². The number of aromatic carboxylic acids is 1. The third-order valence-corrected chi connectivity index (χ3v) is 2.51. The van der Waals surface area contributed by atoms with Gasteiger partial charge < -0.3 is 5.11 Å². The van der Waals surface area contributed by atoms with Crippen LogP contribution in [0.3, 0.4) is 0 Å². The molecule has 94 valence electrons. The highest BCUT2D eigenvalue weighted by molar-refractivity contribution is 5.87. The standard InChI is InChI=1S/C13H7FN2O3/c14-11-3-2-10(5-9(11)6-15)16-7-8(13(18)19)1-4-12(16)17/h1-5,7H,(H,18,19). The van der Waals surface area contributed by atoms with Crippen LogP contribution < -0.4 is 5.56 Å². The highest BCUT2D eigenvalue weighted by Crippen LogP contribution is 2.12. The highest BCUT2D eigenvalue weighted by atomic mass is 19.1. The van der Waals surface area contributed by atoms with Crippen molar-refractivity contribution in [2.24, 2.45) is 0 Å². The number of hydrogen-bond donors (Lipinski definition) is 1. The lowest BCUT2D eigenvalue weighted by molar-refractivity contribution is 0.0696. The number of pyridine rings is 1. The zero-order valence-electron chi connectivity index (χ0n) is 9.50. The van der Waals surface area contributed by atoms with E-state index in [0.29, 0.717) is 0 Å². The molecule has 1 N–H and O–H groups in total. The Hall–Kier alpha value is -2.94. The maximum Gasteiger partial charge on any atom is 0.337 e. The third-order valence-electron chi connectivity index (χ3n) is 2.51. The zero-order valence-corrected chi connectivity index (χ0v) is 9.50. The fraction of sp³-hybridized carbons (Fsp3) is 0. The number of nitriles is 1. The Balaban J connectivity index is 2.65. The van der Waals surface area contributed by atoms with Crippen molar-refractivity contribution in [1.29, 1.82) is 5.26 Å². The van der Waals surface area contributed by atoms with Gasteiger partial charge in [-0.05, 0) is 24.3 Å². The maximum absolute atomic E-state index is 13.2. The molecule has 0 saturated carbocycles. The number of rotatable bonds is 2. The molecule has 6 heteroatoms. The first-order valence-electron chi connectivity index (χ1n) is 5.19. The summed E-state index contributed by atoms with van der Waals surface area (Å²) in [6.45, 7) is 0. The fourth-order valence-electron chi connectivity index (χ4n) is 1.56. The van der Waals surface area contributed by atoms with Crippen molar-refractivity contribution >= 4 is 5.97 Å². The molecule has 1 aromatic heterocycles. The minimum Gasteiger partial charge on any atom is -0.478 e. The predicted octanol–water partition coefficient (Wildman–Crippen LogP) is 1.55. The van der Waals surface area contributed by atoms with Crippen LogP contribution in [0, 0.1) is 17.1 Å². The molecule has 0 atom stereocenters. The monoisotopic (exact) mass is 258 g/mol.